The number of hydroxylamine groups is 2. The highest BCUT2D eigenvalue weighted by Gasteiger charge is 2.76. The van der Waals surface area contributed by atoms with Crippen molar-refractivity contribution in [3.8, 4) is 0 Å². The number of rotatable bonds is 2. The fourth-order valence-corrected chi connectivity index (χ4v) is 3.29. The number of imide groups is 1. The smallest absolute Gasteiger partial charge is 0.329 e. The van der Waals surface area contributed by atoms with Crippen LogP contribution < -0.4 is 0 Å². The monoisotopic (exact) mass is 307 g/mol. The van der Waals surface area contributed by atoms with Crippen molar-refractivity contribution < 1.29 is 28.0 Å². The molecule has 114 valence electrons. The van der Waals surface area contributed by atoms with Crippen LogP contribution in [-0.2, 0) is 9.63 Å². The van der Waals surface area contributed by atoms with Crippen LogP contribution in [-0.4, -0.2) is 28.8 Å². The van der Waals surface area contributed by atoms with Crippen LogP contribution in [0.3, 0.4) is 0 Å². The Morgan fingerprint density at radius 1 is 1.14 bits per heavy atom. The minimum atomic E-state index is -2.70. The van der Waals surface area contributed by atoms with Crippen LogP contribution in [0.25, 0.3) is 0 Å². The SMILES string of the molecule is O=C(ON1C(=O)c2ccccc2C1=O)C1CC2(C1)CC2(F)F. The quantitative estimate of drug-likeness (QED) is 0.786. The molecule has 1 heterocycles. The lowest BCUT2D eigenvalue weighted by Crippen LogP contribution is -2.41. The van der Waals surface area contributed by atoms with Crippen molar-refractivity contribution in [3.63, 3.8) is 0 Å². The third-order valence-electron chi connectivity index (χ3n) is 4.76. The van der Waals surface area contributed by atoms with Crippen LogP contribution in [0.2, 0.25) is 0 Å². The maximum Gasteiger partial charge on any atom is 0.336 e. The number of fused-ring (bicyclic) bond motifs is 1. The molecule has 2 fully saturated rings. The highest BCUT2D eigenvalue weighted by atomic mass is 19.3. The molecule has 0 radical (unpaired) electrons. The lowest BCUT2D eigenvalue weighted by atomic mass is 9.71. The van der Waals surface area contributed by atoms with E-state index in [9.17, 15) is 23.2 Å². The molecular weight excluding hydrogens is 296 g/mol. The molecule has 5 nitrogen and oxygen atoms in total. The number of halogens is 2. The van der Waals surface area contributed by atoms with Gasteiger partial charge in [-0.05, 0) is 25.0 Å². The van der Waals surface area contributed by atoms with Gasteiger partial charge in [0, 0.05) is 11.8 Å². The van der Waals surface area contributed by atoms with Crippen LogP contribution in [0.4, 0.5) is 8.78 Å². The van der Waals surface area contributed by atoms with E-state index in [1.807, 2.05) is 0 Å². The first-order valence-electron chi connectivity index (χ1n) is 6.92. The second kappa shape index (κ2) is 3.91. The number of alkyl halides is 2. The Kier molecular flexibility index (Phi) is 2.37. The fourth-order valence-electron chi connectivity index (χ4n) is 3.29. The van der Waals surface area contributed by atoms with Gasteiger partial charge in [-0.2, -0.15) is 0 Å². The zero-order valence-corrected chi connectivity index (χ0v) is 11.3. The summed E-state index contributed by atoms with van der Waals surface area (Å²) in [6, 6.07) is 6.12. The molecule has 1 aromatic rings. The second-order valence-corrected chi connectivity index (χ2v) is 6.13. The minimum Gasteiger partial charge on any atom is -0.329 e. The largest absolute Gasteiger partial charge is 0.336 e. The van der Waals surface area contributed by atoms with Crippen LogP contribution in [0.1, 0.15) is 40.0 Å². The van der Waals surface area contributed by atoms with Crippen molar-refractivity contribution in [1.29, 1.82) is 0 Å². The fraction of sp³-hybridized carbons (Fsp3) is 0.400. The summed E-state index contributed by atoms with van der Waals surface area (Å²) < 4.78 is 26.2. The molecule has 0 bridgehead atoms. The average Bonchev–Trinajstić information content (AvgIpc) is 2.96. The molecule has 4 rings (SSSR count). The number of carbonyl (C=O) groups excluding carboxylic acids is 3. The van der Waals surface area contributed by atoms with Gasteiger partial charge >= 0.3 is 5.97 Å². The third kappa shape index (κ3) is 1.59. The number of nitrogens with zero attached hydrogens (tertiary/aromatic N) is 1. The number of hydrogen-bond donors (Lipinski definition) is 0. The van der Waals surface area contributed by atoms with Gasteiger partial charge in [0.2, 0.25) is 0 Å². The zero-order valence-electron chi connectivity index (χ0n) is 11.3. The van der Waals surface area contributed by atoms with E-state index in [0.29, 0.717) is 5.06 Å². The molecule has 1 aliphatic heterocycles. The molecule has 1 aromatic carbocycles. The van der Waals surface area contributed by atoms with Crippen molar-refractivity contribution in [1.82, 2.24) is 5.06 Å². The first-order valence-corrected chi connectivity index (χ1v) is 6.92. The van der Waals surface area contributed by atoms with Crippen LogP contribution >= 0.6 is 0 Å². The third-order valence-corrected chi connectivity index (χ3v) is 4.76. The summed E-state index contributed by atoms with van der Waals surface area (Å²) in [7, 11) is 0. The van der Waals surface area contributed by atoms with Crippen LogP contribution in [0.5, 0.6) is 0 Å². The summed E-state index contributed by atoms with van der Waals surface area (Å²) in [5.74, 6) is -5.60. The molecule has 22 heavy (non-hydrogen) atoms. The molecule has 0 saturated heterocycles. The van der Waals surface area contributed by atoms with Gasteiger partial charge in [0.15, 0.2) is 0 Å². The lowest BCUT2D eigenvalue weighted by Gasteiger charge is -2.34. The van der Waals surface area contributed by atoms with Gasteiger partial charge in [-0.15, -0.1) is 0 Å². The predicted octanol–water partition coefficient (Wildman–Crippen LogP) is 2.18. The molecular formula is C15H11F2NO4. The molecule has 0 N–H and O–H groups in total. The van der Waals surface area contributed by atoms with Crippen molar-refractivity contribution in [2.24, 2.45) is 11.3 Å². The molecule has 0 aromatic heterocycles. The van der Waals surface area contributed by atoms with Gasteiger partial charge in [-0.3, -0.25) is 9.59 Å². The summed E-state index contributed by atoms with van der Waals surface area (Å²) in [6.07, 6.45) is -0.110. The standard InChI is InChI=1S/C15H11F2NO4/c16-15(17)7-14(15)5-8(6-14)13(21)22-18-11(19)9-3-1-2-4-10(9)12(18)20/h1-4,8H,5-7H2. The maximum atomic E-state index is 13.1. The normalized spacial score (nSPS) is 31.0. The second-order valence-electron chi connectivity index (χ2n) is 6.13. The summed E-state index contributed by atoms with van der Waals surface area (Å²) in [4.78, 5) is 40.8. The van der Waals surface area contributed by atoms with Gasteiger partial charge in [0.05, 0.1) is 17.0 Å². The summed E-state index contributed by atoms with van der Waals surface area (Å²) in [6.45, 7) is 0. The Morgan fingerprint density at radius 3 is 2.09 bits per heavy atom. The van der Waals surface area contributed by atoms with E-state index in [0.717, 1.165) is 0 Å². The van der Waals surface area contributed by atoms with Crippen LogP contribution in [0, 0.1) is 11.3 Å². The Labute approximate surface area is 123 Å². The molecule has 0 unspecified atom stereocenters. The number of benzene rings is 1. The molecule has 2 amide bonds. The molecule has 2 saturated carbocycles. The van der Waals surface area contributed by atoms with E-state index in [2.05, 4.69) is 0 Å². The summed E-state index contributed by atoms with van der Waals surface area (Å²) >= 11 is 0. The van der Waals surface area contributed by atoms with Crippen molar-refractivity contribution in [3.05, 3.63) is 35.4 Å². The van der Waals surface area contributed by atoms with Gasteiger partial charge in [-0.1, -0.05) is 17.2 Å². The topological polar surface area (TPSA) is 63.7 Å². The first kappa shape index (κ1) is 13.4. The van der Waals surface area contributed by atoms with Crippen molar-refractivity contribution in [2.45, 2.75) is 25.2 Å². The van der Waals surface area contributed by atoms with Crippen molar-refractivity contribution >= 4 is 17.8 Å². The number of hydrogen-bond acceptors (Lipinski definition) is 4. The lowest BCUT2D eigenvalue weighted by molar-refractivity contribution is -0.181. The van der Waals surface area contributed by atoms with E-state index in [4.69, 9.17) is 4.84 Å². The minimum absolute atomic E-state index is 0.0437. The molecule has 7 heteroatoms. The number of amides is 2. The Hall–Kier alpha value is -2.31. The highest BCUT2D eigenvalue weighted by molar-refractivity contribution is 6.20. The van der Waals surface area contributed by atoms with E-state index < -0.39 is 35.0 Å². The predicted molar refractivity (Wildman–Crippen MR) is 67.8 cm³/mol. The van der Waals surface area contributed by atoms with Gasteiger partial charge < -0.3 is 4.84 Å². The highest BCUT2D eigenvalue weighted by Crippen LogP contribution is 2.72. The first-order chi connectivity index (χ1) is 10.3. The maximum absolute atomic E-state index is 13.1. The molecule has 3 aliphatic rings. The molecule has 0 atom stereocenters. The Bertz CT molecular complexity index is 689. The zero-order chi connectivity index (χ0) is 15.7. The Balaban J connectivity index is 1.44. The number of carbonyl (C=O) groups is 3. The van der Waals surface area contributed by atoms with Gasteiger partial charge in [0.25, 0.3) is 17.7 Å². The Morgan fingerprint density at radius 2 is 1.64 bits per heavy atom. The van der Waals surface area contributed by atoms with Crippen LogP contribution in [0.15, 0.2) is 24.3 Å². The van der Waals surface area contributed by atoms with Crippen molar-refractivity contribution in [2.75, 3.05) is 0 Å². The van der Waals surface area contributed by atoms with E-state index >= 15 is 0 Å². The summed E-state index contributed by atoms with van der Waals surface area (Å²) in [5, 5.41) is 0.420. The molecule has 1 spiro atoms. The van der Waals surface area contributed by atoms with Gasteiger partial charge in [-0.25, -0.2) is 13.6 Å². The van der Waals surface area contributed by atoms with E-state index in [-0.39, 0.29) is 30.4 Å². The van der Waals surface area contributed by atoms with E-state index in [1.165, 1.54) is 12.1 Å². The van der Waals surface area contributed by atoms with Gasteiger partial charge in [0.1, 0.15) is 0 Å². The molecule has 2 aliphatic carbocycles. The van der Waals surface area contributed by atoms with E-state index in [1.54, 1.807) is 12.1 Å². The average molecular weight is 307 g/mol. The summed E-state index contributed by atoms with van der Waals surface area (Å²) in [5.41, 5.74) is -0.725.